The summed E-state index contributed by atoms with van der Waals surface area (Å²) >= 11 is 0. The minimum Gasteiger partial charge on any atom is -0.0622 e. The van der Waals surface area contributed by atoms with Crippen LogP contribution >= 0.6 is 0 Å². The summed E-state index contributed by atoms with van der Waals surface area (Å²) in [5.74, 6) is 0. The van der Waals surface area contributed by atoms with Gasteiger partial charge in [0.2, 0.25) is 0 Å². The van der Waals surface area contributed by atoms with E-state index in [1.165, 1.54) is 11.1 Å². The lowest BCUT2D eigenvalue weighted by atomic mass is 9.70. The zero-order valence-corrected chi connectivity index (χ0v) is 29.0. The van der Waals surface area contributed by atoms with Gasteiger partial charge in [-0.1, -0.05) is 188 Å². The molecule has 1 spiro atoms. The van der Waals surface area contributed by atoms with E-state index in [2.05, 4.69) is 72.8 Å². The third-order valence-electron chi connectivity index (χ3n) is 11.3. The Kier molecular flexibility index (Phi) is 4.04. The van der Waals surface area contributed by atoms with Gasteiger partial charge < -0.3 is 0 Å². The Balaban J connectivity index is 1.16. The van der Waals surface area contributed by atoms with E-state index in [0.717, 1.165) is 44.5 Å². The zero-order chi connectivity index (χ0) is 49.1. The van der Waals surface area contributed by atoms with Crippen molar-refractivity contribution in [1.82, 2.24) is 0 Å². The molecule has 0 nitrogen and oxygen atoms in total. The van der Waals surface area contributed by atoms with Crippen LogP contribution in [-0.4, -0.2) is 0 Å². The van der Waals surface area contributed by atoms with Crippen molar-refractivity contribution in [2.24, 2.45) is 0 Å². The number of fused-ring (bicyclic) bond motifs is 16. The lowest BCUT2D eigenvalue weighted by molar-refractivity contribution is 0.794. The normalized spacial score (nSPS) is 17.1. The molecule has 254 valence electrons. The van der Waals surface area contributed by atoms with Crippen LogP contribution < -0.4 is 0 Å². The van der Waals surface area contributed by atoms with Crippen LogP contribution in [0.1, 0.15) is 42.8 Å². The molecule has 0 heteroatoms. The number of benzene rings is 10. The van der Waals surface area contributed by atoms with E-state index in [9.17, 15) is 9.60 Å². The van der Waals surface area contributed by atoms with Crippen molar-refractivity contribution in [3.8, 4) is 55.6 Å². The molecule has 0 aromatic heterocycles. The first-order valence-corrected chi connectivity index (χ1v) is 18.0. The van der Waals surface area contributed by atoms with Gasteiger partial charge in [0.1, 0.15) is 0 Å². The van der Waals surface area contributed by atoms with Gasteiger partial charge in [-0.2, -0.15) is 0 Å². The minimum atomic E-state index is -0.743. The fourth-order valence-electron chi connectivity index (χ4n) is 9.12. The number of hydrogen-bond donors (Lipinski definition) is 0. The summed E-state index contributed by atoms with van der Waals surface area (Å²) in [6, 6.07) is 29.2. The summed E-state index contributed by atoms with van der Waals surface area (Å²) < 4.78 is 136. The summed E-state index contributed by atoms with van der Waals surface area (Å²) in [4.78, 5) is 0. The number of hydrogen-bond acceptors (Lipinski definition) is 0. The monoisotopic (exact) mass is 709 g/mol. The highest BCUT2D eigenvalue weighted by molar-refractivity contribution is 6.26. The smallest absolute Gasteiger partial charge is 0.0622 e. The molecule has 0 amide bonds. The van der Waals surface area contributed by atoms with Gasteiger partial charge in [-0.25, -0.2) is 0 Å². The van der Waals surface area contributed by atoms with E-state index in [0.29, 0.717) is 5.56 Å². The second-order valence-electron chi connectivity index (χ2n) is 13.9. The molecule has 0 heterocycles. The predicted molar refractivity (Wildman–Crippen MR) is 232 cm³/mol. The molecule has 0 saturated heterocycles. The maximum atomic E-state index is 10.0. The van der Waals surface area contributed by atoms with Crippen LogP contribution in [-0.2, 0) is 5.41 Å². The molecule has 0 aliphatic heterocycles. The molecule has 10 aromatic carbocycles. The Bertz CT molecular complexity index is 4010. The van der Waals surface area contributed by atoms with Crippen LogP contribution in [0.2, 0.25) is 0 Å². The van der Waals surface area contributed by atoms with E-state index in [4.69, 9.17) is 11.0 Å². The summed E-state index contributed by atoms with van der Waals surface area (Å²) in [5, 5.41) is -1.68. The number of rotatable bonds is 3. The van der Waals surface area contributed by atoms with Gasteiger partial charge in [0.05, 0.1) is 26.0 Å². The van der Waals surface area contributed by atoms with Crippen molar-refractivity contribution in [3.63, 3.8) is 0 Å². The lowest BCUT2D eigenvalue weighted by Gasteiger charge is -2.30. The first-order chi connectivity index (χ1) is 33.5. The zero-order valence-electron chi connectivity index (χ0n) is 44.0. The van der Waals surface area contributed by atoms with Gasteiger partial charge in [0.15, 0.2) is 0 Å². The molecule has 2 aliphatic rings. The molecular formula is C55H34. The molecule has 2 aliphatic carbocycles. The summed E-state index contributed by atoms with van der Waals surface area (Å²) in [6.45, 7) is 0. The van der Waals surface area contributed by atoms with E-state index in [1.54, 1.807) is 12.1 Å². The van der Waals surface area contributed by atoms with E-state index in [1.807, 2.05) is 30.3 Å². The Morgan fingerprint density at radius 3 is 1.47 bits per heavy atom. The molecule has 0 fully saturated rings. The highest BCUT2D eigenvalue weighted by atomic mass is 14.5. The van der Waals surface area contributed by atoms with Crippen molar-refractivity contribution in [2.45, 2.75) is 5.41 Å². The standard InChI is InChI=1S/C55H34/c1-2-14-35(15-3-1)37-28-31-44-48(33-37)42-19-5-4-18-41(42)43-30-29-38(34-49(43)44)36-16-12-17-39(32-36)40-23-13-27-53-54(40)47-22-8-11-26-52(47)55(53)50-24-9-6-20-45(50)46-21-7-10-25-51(46)55/h1-34H/i1D,2D,3D,4D,5D,14D,15D,18D,19D,28D,29D,30D,31D,33D,34D. The average molecular weight is 710 g/mol. The maximum Gasteiger partial charge on any atom is 0.0725 e. The first kappa shape index (κ1) is 19.3. The highest BCUT2D eigenvalue weighted by Gasteiger charge is 2.51. The summed E-state index contributed by atoms with van der Waals surface area (Å²) in [7, 11) is 0. The van der Waals surface area contributed by atoms with Crippen molar-refractivity contribution in [1.29, 1.82) is 0 Å². The summed E-state index contributed by atoms with van der Waals surface area (Å²) in [6.07, 6.45) is 0. The van der Waals surface area contributed by atoms with Crippen molar-refractivity contribution < 1.29 is 20.6 Å². The van der Waals surface area contributed by atoms with Crippen LogP contribution in [0.15, 0.2) is 206 Å². The molecule has 0 radical (unpaired) electrons. The van der Waals surface area contributed by atoms with Crippen molar-refractivity contribution in [3.05, 3.63) is 228 Å². The van der Waals surface area contributed by atoms with Gasteiger partial charge in [-0.15, -0.1) is 0 Å². The molecular weight excluding hydrogens is 661 g/mol. The van der Waals surface area contributed by atoms with Crippen LogP contribution in [0.25, 0.3) is 88.0 Å². The SMILES string of the molecule is [2H]c1c([2H])c([2H])c(-c2c([2H])c([2H])c3c4c([2H])c(-c5cccc(-c6cccc7c6-c6ccccc6C76c7ccccc7-c7ccccc76)c5)c([2H])c([2H])c4c4c([2H])c([2H])c([2H])c([2H])c4c3c2[2H])c([2H])c1[2H]. The molecule has 0 atom stereocenters. The Morgan fingerprint density at radius 2 is 0.782 bits per heavy atom. The van der Waals surface area contributed by atoms with Crippen molar-refractivity contribution >= 4 is 32.3 Å². The van der Waals surface area contributed by atoms with Gasteiger partial charge in [0, 0.05) is 0 Å². The van der Waals surface area contributed by atoms with Gasteiger partial charge in [-0.3, -0.25) is 0 Å². The minimum absolute atomic E-state index is 0.0314. The third kappa shape index (κ3) is 4.17. The Hall–Kier alpha value is -7.02. The second-order valence-corrected chi connectivity index (χ2v) is 13.9. The second kappa shape index (κ2) is 11.5. The fourth-order valence-corrected chi connectivity index (χ4v) is 9.12. The topological polar surface area (TPSA) is 0 Å². The maximum absolute atomic E-state index is 10.0. The van der Waals surface area contributed by atoms with E-state index < -0.39 is 107 Å². The third-order valence-corrected chi connectivity index (χ3v) is 11.3. The lowest BCUT2D eigenvalue weighted by Crippen LogP contribution is -2.25. The van der Waals surface area contributed by atoms with E-state index >= 15 is 0 Å². The highest BCUT2D eigenvalue weighted by Crippen LogP contribution is 2.64. The van der Waals surface area contributed by atoms with Crippen LogP contribution in [0, 0.1) is 0 Å². The predicted octanol–water partition coefficient (Wildman–Crippen LogP) is 14.5. The van der Waals surface area contributed by atoms with Gasteiger partial charge >= 0.3 is 0 Å². The largest absolute Gasteiger partial charge is 0.0725 e. The average Bonchev–Trinajstić information content (AvgIpc) is 3.85. The molecule has 0 saturated carbocycles. The Labute approximate surface area is 341 Å². The molecule has 55 heavy (non-hydrogen) atoms. The quantitative estimate of drug-likeness (QED) is 0.160. The van der Waals surface area contributed by atoms with Crippen molar-refractivity contribution in [2.75, 3.05) is 0 Å². The van der Waals surface area contributed by atoms with E-state index in [-0.39, 0.29) is 37.9 Å². The molecule has 10 aromatic rings. The van der Waals surface area contributed by atoms with Gasteiger partial charge in [-0.05, 0) is 128 Å². The molecule has 0 unspecified atom stereocenters. The molecule has 12 rings (SSSR count). The molecule has 0 bridgehead atoms. The van der Waals surface area contributed by atoms with Crippen LogP contribution in [0.5, 0.6) is 0 Å². The first-order valence-electron chi connectivity index (χ1n) is 25.5. The van der Waals surface area contributed by atoms with Crippen LogP contribution in [0.3, 0.4) is 0 Å². The van der Waals surface area contributed by atoms with Gasteiger partial charge in [0.25, 0.3) is 0 Å². The fraction of sp³-hybridized carbons (Fsp3) is 0.0182. The molecule has 0 N–H and O–H groups in total. The summed E-state index contributed by atoms with van der Waals surface area (Å²) in [5.41, 5.74) is 9.25. The van der Waals surface area contributed by atoms with Crippen LogP contribution in [0.4, 0.5) is 0 Å². The Morgan fingerprint density at radius 1 is 0.309 bits per heavy atom.